The van der Waals surface area contributed by atoms with Crippen LogP contribution in [-0.4, -0.2) is 47.0 Å². The summed E-state index contributed by atoms with van der Waals surface area (Å²) >= 11 is 0. The van der Waals surface area contributed by atoms with E-state index in [9.17, 15) is 9.59 Å². The van der Waals surface area contributed by atoms with Crippen molar-refractivity contribution in [2.24, 2.45) is 17.1 Å². The second-order valence-corrected chi connectivity index (χ2v) is 9.44. The van der Waals surface area contributed by atoms with Gasteiger partial charge in [0.2, 0.25) is 5.91 Å². The standard InChI is InChI=1S/C21H30N4O3/c22-15-5-3-14(4-6-15)20(27)25-10-7-18(21(12-25)8-9-21)23-19(26)16-11-17(28-24-16)13-1-2-13/h11,13-15,18H,1-10,12,22H2,(H,23,26)/t14-,15-,18?. The smallest absolute Gasteiger partial charge is 0.273 e. The minimum atomic E-state index is -0.145. The molecule has 2 amide bonds. The van der Waals surface area contributed by atoms with E-state index in [-0.39, 0.29) is 29.3 Å². The molecule has 0 aromatic carbocycles. The molecular weight excluding hydrogens is 356 g/mol. The maximum Gasteiger partial charge on any atom is 0.273 e. The quantitative estimate of drug-likeness (QED) is 0.826. The largest absolute Gasteiger partial charge is 0.360 e. The molecule has 7 nitrogen and oxygen atoms in total. The number of nitrogens with one attached hydrogen (secondary N) is 1. The van der Waals surface area contributed by atoms with Crippen LogP contribution in [0.5, 0.6) is 0 Å². The van der Waals surface area contributed by atoms with E-state index >= 15 is 0 Å². The van der Waals surface area contributed by atoms with Crippen LogP contribution >= 0.6 is 0 Å². The Kier molecular flexibility index (Phi) is 4.45. The van der Waals surface area contributed by atoms with Crippen molar-refractivity contribution in [3.05, 3.63) is 17.5 Å². The first-order valence-electron chi connectivity index (χ1n) is 10.9. The van der Waals surface area contributed by atoms with Gasteiger partial charge in [0.25, 0.3) is 5.91 Å². The average Bonchev–Trinajstić information content (AvgIpc) is 3.63. The minimum Gasteiger partial charge on any atom is -0.360 e. The zero-order valence-electron chi connectivity index (χ0n) is 16.4. The average molecular weight is 386 g/mol. The van der Waals surface area contributed by atoms with Gasteiger partial charge >= 0.3 is 0 Å². The fourth-order valence-corrected chi connectivity index (χ4v) is 5.05. The molecule has 1 aromatic rings. The van der Waals surface area contributed by atoms with Gasteiger partial charge in [0.15, 0.2) is 5.69 Å². The lowest BCUT2D eigenvalue weighted by Crippen LogP contribution is -2.55. The summed E-state index contributed by atoms with van der Waals surface area (Å²) in [6, 6.07) is 2.17. The normalized spacial score (nSPS) is 31.6. The van der Waals surface area contributed by atoms with Crippen LogP contribution in [0.15, 0.2) is 10.6 Å². The number of carbonyl (C=O) groups is 2. The number of piperidine rings is 1. The van der Waals surface area contributed by atoms with Crippen molar-refractivity contribution in [1.82, 2.24) is 15.4 Å². The topological polar surface area (TPSA) is 101 Å². The number of amides is 2. The van der Waals surface area contributed by atoms with Crippen molar-refractivity contribution in [3.63, 3.8) is 0 Å². The van der Waals surface area contributed by atoms with E-state index in [0.29, 0.717) is 17.5 Å². The Hall–Kier alpha value is -1.89. The van der Waals surface area contributed by atoms with Crippen molar-refractivity contribution in [3.8, 4) is 0 Å². The van der Waals surface area contributed by atoms with E-state index in [0.717, 1.165) is 76.6 Å². The Morgan fingerprint density at radius 1 is 1.14 bits per heavy atom. The summed E-state index contributed by atoms with van der Waals surface area (Å²) in [6.45, 7) is 1.49. The molecule has 4 aliphatic rings. The Balaban J connectivity index is 1.19. The minimum absolute atomic E-state index is 0.0533. The number of carbonyl (C=O) groups excluding carboxylic acids is 2. The molecule has 1 atom stereocenters. The van der Waals surface area contributed by atoms with Gasteiger partial charge < -0.3 is 20.5 Å². The number of likely N-dealkylation sites (tertiary alicyclic amines) is 1. The molecule has 1 aromatic heterocycles. The van der Waals surface area contributed by atoms with Crippen molar-refractivity contribution < 1.29 is 14.1 Å². The number of hydrogen-bond acceptors (Lipinski definition) is 5. The SMILES string of the molecule is N[C@H]1CC[C@H](C(=O)N2CCC(NC(=O)c3cc(C4CC4)on3)C3(CC3)C2)CC1. The number of nitrogens with zero attached hydrogens (tertiary/aromatic N) is 2. The van der Waals surface area contributed by atoms with Gasteiger partial charge in [-0.15, -0.1) is 0 Å². The van der Waals surface area contributed by atoms with Gasteiger partial charge in [0, 0.05) is 48.5 Å². The Labute approximate surface area is 165 Å². The van der Waals surface area contributed by atoms with Crippen LogP contribution < -0.4 is 11.1 Å². The van der Waals surface area contributed by atoms with E-state index in [2.05, 4.69) is 15.4 Å². The molecule has 1 unspecified atom stereocenters. The summed E-state index contributed by atoms with van der Waals surface area (Å²) in [6.07, 6.45) is 8.95. The van der Waals surface area contributed by atoms with Gasteiger partial charge in [-0.3, -0.25) is 9.59 Å². The molecule has 5 rings (SSSR count). The third-order valence-corrected chi connectivity index (χ3v) is 7.30. The molecule has 3 aliphatic carbocycles. The van der Waals surface area contributed by atoms with Crippen molar-refractivity contribution in [2.75, 3.05) is 13.1 Å². The van der Waals surface area contributed by atoms with Crippen molar-refractivity contribution >= 4 is 11.8 Å². The Morgan fingerprint density at radius 3 is 2.57 bits per heavy atom. The maximum absolute atomic E-state index is 13.0. The molecule has 1 aliphatic heterocycles. The summed E-state index contributed by atoms with van der Waals surface area (Å²) in [5.41, 5.74) is 6.42. The summed E-state index contributed by atoms with van der Waals surface area (Å²) in [5.74, 6) is 1.57. The predicted molar refractivity (Wildman–Crippen MR) is 103 cm³/mol. The van der Waals surface area contributed by atoms with Crippen LogP contribution in [0.2, 0.25) is 0 Å². The van der Waals surface area contributed by atoms with Gasteiger partial charge in [0.05, 0.1) is 0 Å². The van der Waals surface area contributed by atoms with Crippen LogP contribution in [-0.2, 0) is 4.79 Å². The molecular formula is C21H30N4O3. The lowest BCUT2D eigenvalue weighted by atomic mass is 9.83. The Morgan fingerprint density at radius 2 is 1.89 bits per heavy atom. The second kappa shape index (κ2) is 6.87. The molecule has 152 valence electrons. The first-order chi connectivity index (χ1) is 13.5. The van der Waals surface area contributed by atoms with Crippen LogP contribution in [0, 0.1) is 11.3 Å². The summed E-state index contributed by atoms with van der Waals surface area (Å²) in [5, 5.41) is 7.15. The number of nitrogens with two attached hydrogens (primary N) is 1. The highest BCUT2D eigenvalue weighted by Crippen LogP contribution is 2.52. The molecule has 1 saturated heterocycles. The highest BCUT2D eigenvalue weighted by molar-refractivity contribution is 5.92. The molecule has 0 radical (unpaired) electrons. The predicted octanol–water partition coefficient (Wildman–Crippen LogP) is 2.18. The van der Waals surface area contributed by atoms with E-state index in [1.165, 1.54) is 0 Å². The number of hydrogen-bond donors (Lipinski definition) is 2. The lowest BCUT2D eigenvalue weighted by Gasteiger charge is -2.41. The molecule has 2 heterocycles. The molecule has 3 N–H and O–H groups in total. The second-order valence-electron chi connectivity index (χ2n) is 9.44. The highest BCUT2D eigenvalue weighted by atomic mass is 16.5. The highest BCUT2D eigenvalue weighted by Gasteiger charge is 2.54. The fourth-order valence-electron chi connectivity index (χ4n) is 5.05. The van der Waals surface area contributed by atoms with Crippen LogP contribution in [0.25, 0.3) is 0 Å². The van der Waals surface area contributed by atoms with Crippen molar-refractivity contribution in [1.29, 1.82) is 0 Å². The van der Waals surface area contributed by atoms with Gasteiger partial charge in [-0.1, -0.05) is 5.16 Å². The molecule has 7 heteroatoms. The summed E-state index contributed by atoms with van der Waals surface area (Å²) in [7, 11) is 0. The number of aromatic nitrogens is 1. The van der Waals surface area contributed by atoms with Crippen LogP contribution in [0.3, 0.4) is 0 Å². The van der Waals surface area contributed by atoms with Crippen LogP contribution in [0.4, 0.5) is 0 Å². The van der Waals surface area contributed by atoms with Crippen molar-refractivity contribution in [2.45, 2.75) is 75.8 Å². The fraction of sp³-hybridized carbons (Fsp3) is 0.762. The monoisotopic (exact) mass is 386 g/mol. The van der Waals surface area contributed by atoms with Gasteiger partial charge in [-0.05, 0) is 57.8 Å². The summed E-state index contributed by atoms with van der Waals surface area (Å²) in [4.78, 5) is 27.7. The van der Waals surface area contributed by atoms with Gasteiger partial charge in [0.1, 0.15) is 5.76 Å². The van der Waals surface area contributed by atoms with E-state index in [4.69, 9.17) is 10.3 Å². The maximum atomic E-state index is 13.0. The van der Waals surface area contributed by atoms with E-state index in [1.54, 1.807) is 6.07 Å². The van der Waals surface area contributed by atoms with E-state index in [1.807, 2.05) is 0 Å². The zero-order chi connectivity index (χ0) is 19.3. The van der Waals surface area contributed by atoms with E-state index < -0.39 is 0 Å². The third kappa shape index (κ3) is 3.45. The van der Waals surface area contributed by atoms with Crippen LogP contribution in [0.1, 0.15) is 80.0 Å². The summed E-state index contributed by atoms with van der Waals surface area (Å²) < 4.78 is 5.32. The van der Waals surface area contributed by atoms with Gasteiger partial charge in [-0.2, -0.15) is 0 Å². The lowest BCUT2D eigenvalue weighted by molar-refractivity contribution is -0.139. The molecule has 28 heavy (non-hydrogen) atoms. The zero-order valence-corrected chi connectivity index (χ0v) is 16.4. The first kappa shape index (κ1) is 18.2. The molecule has 0 bridgehead atoms. The number of rotatable bonds is 4. The molecule has 4 fully saturated rings. The Bertz CT molecular complexity index is 759. The molecule has 3 saturated carbocycles. The van der Waals surface area contributed by atoms with Gasteiger partial charge in [-0.25, -0.2) is 0 Å². The first-order valence-corrected chi connectivity index (χ1v) is 10.9. The molecule has 1 spiro atoms. The third-order valence-electron chi connectivity index (χ3n) is 7.30.